The van der Waals surface area contributed by atoms with Gasteiger partial charge in [-0.15, -0.1) is 0 Å². The fourth-order valence-corrected chi connectivity index (χ4v) is 2.80. The van der Waals surface area contributed by atoms with Crippen LogP contribution in [0.25, 0.3) is 0 Å². The van der Waals surface area contributed by atoms with E-state index in [1.54, 1.807) is 18.6 Å². The molecule has 0 amide bonds. The van der Waals surface area contributed by atoms with E-state index in [1.807, 2.05) is 31.2 Å². The second-order valence-corrected chi connectivity index (χ2v) is 5.92. The summed E-state index contributed by atoms with van der Waals surface area (Å²) < 4.78 is 5.80. The maximum absolute atomic E-state index is 10.8. The van der Waals surface area contributed by atoms with E-state index in [9.17, 15) is 5.11 Å². The number of anilines is 1. The Labute approximate surface area is 130 Å². The molecule has 2 heterocycles. The minimum Gasteiger partial charge on any atom is -0.491 e. The molecule has 1 aromatic carbocycles. The second-order valence-electron chi connectivity index (χ2n) is 5.92. The highest BCUT2D eigenvalue weighted by Crippen LogP contribution is 2.25. The molecule has 0 unspecified atom stereocenters. The molecule has 1 fully saturated rings. The van der Waals surface area contributed by atoms with E-state index in [-0.39, 0.29) is 6.61 Å². The molecule has 1 atom stereocenters. The number of piperidine rings is 1. The number of rotatable bonds is 4. The predicted octanol–water partition coefficient (Wildman–Crippen LogP) is 2.20. The summed E-state index contributed by atoms with van der Waals surface area (Å²) in [5.74, 6) is 1.60. The quantitative estimate of drug-likeness (QED) is 0.938. The van der Waals surface area contributed by atoms with Crippen molar-refractivity contribution in [3.05, 3.63) is 48.4 Å². The summed E-state index contributed by atoms with van der Waals surface area (Å²) in [6, 6.07) is 7.88. The van der Waals surface area contributed by atoms with Crippen molar-refractivity contribution >= 4 is 5.82 Å². The molecule has 1 N–H and O–H groups in total. The third-order valence-corrected chi connectivity index (χ3v) is 3.93. The number of aliphatic hydroxyl groups is 1. The molecule has 5 heteroatoms. The van der Waals surface area contributed by atoms with E-state index in [0.717, 1.165) is 36.5 Å². The molecule has 2 aromatic rings. The molecule has 1 saturated heterocycles. The molecule has 3 rings (SSSR count). The highest BCUT2D eigenvalue weighted by Gasteiger charge is 2.34. The van der Waals surface area contributed by atoms with Crippen LogP contribution < -0.4 is 9.64 Å². The minimum absolute atomic E-state index is 0.285. The summed E-state index contributed by atoms with van der Waals surface area (Å²) in [7, 11) is 0. The molecule has 1 aliphatic heterocycles. The SMILES string of the molecule is Cc1cccc(OC[C@@]2(O)CCCN(c3cnccn3)C2)c1. The van der Waals surface area contributed by atoms with Gasteiger partial charge in [0.15, 0.2) is 0 Å². The molecule has 1 aromatic heterocycles. The van der Waals surface area contributed by atoms with Crippen molar-refractivity contribution in [1.29, 1.82) is 0 Å². The van der Waals surface area contributed by atoms with Gasteiger partial charge in [-0.25, -0.2) is 4.98 Å². The smallest absolute Gasteiger partial charge is 0.147 e. The lowest BCUT2D eigenvalue weighted by molar-refractivity contribution is -0.0156. The zero-order valence-electron chi connectivity index (χ0n) is 12.8. The van der Waals surface area contributed by atoms with E-state index in [0.29, 0.717) is 6.54 Å². The number of ether oxygens (including phenoxy) is 1. The van der Waals surface area contributed by atoms with Crippen LogP contribution in [0.15, 0.2) is 42.9 Å². The monoisotopic (exact) mass is 299 g/mol. The van der Waals surface area contributed by atoms with Crippen molar-refractivity contribution in [2.75, 3.05) is 24.6 Å². The molecule has 1 aliphatic rings. The number of aromatic nitrogens is 2. The first-order chi connectivity index (χ1) is 10.6. The predicted molar refractivity (Wildman–Crippen MR) is 85.1 cm³/mol. The lowest BCUT2D eigenvalue weighted by Crippen LogP contribution is -2.52. The summed E-state index contributed by atoms with van der Waals surface area (Å²) in [6.45, 7) is 3.70. The molecular formula is C17H21N3O2. The van der Waals surface area contributed by atoms with Crippen LogP contribution in [-0.4, -0.2) is 40.4 Å². The number of hydrogen-bond acceptors (Lipinski definition) is 5. The van der Waals surface area contributed by atoms with E-state index in [2.05, 4.69) is 14.9 Å². The standard InChI is InChI=1S/C17H21N3O2/c1-14-4-2-5-15(10-14)22-13-17(21)6-3-9-20(12-17)16-11-18-7-8-19-16/h2,4-5,7-8,10-11,21H,3,6,9,12-13H2,1H3/t17-/m1/s1. The summed E-state index contributed by atoms with van der Waals surface area (Å²) in [6.07, 6.45) is 6.69. The molecule has 116 valence electrons. The maximum Gasteiger partial charge on any atom is 0.147 e. The molecule has 0 aliphatic carbocycles. The zero-order chi connectivity index (χ0) is 15.4. The first-order valence-corrected chi connectivity index (χ1v) is 7.57. The molecule has 0 spiro atoms. The fourth-order valence-electron chi connectivity index (χ4n) is 2.80. The molecule has 22 heavy (non-hydrogen) atoms. The number of β-amino-alcohol motifs (C(OH)–C–C–N with tert-alkyl or cyclic N) is 1. The van der Waals surface area contributed by atoms with Crippen LogP contribution in [0, 0.1) is 6.92 Å². The number of benzene rings is 1. The minimum atomic E-state index is -0.862. The lowest BCUT2D eigenvalue weighted by Gasteiger charge is -2.39. The van der Waals surface area contributed by atoms with Gasteiger partial charge in [0.05, 0.1) is 12.7 Å². The average molecular weight is 299 g/mol. The van der Waals surface area contributed by atoms with Gasteiger partial charge in [0, 0.05) is 18.9 Å². The van der Waals surface area contributed by atoms with Gasteiger partial charge in [0.25, 0.3) is 0 Å². The summed E-state index contributed by atoms with van der Waals surface area (Å²) >= 11 is 0. The van der Waals surface area contributed by atoms with Crippen molar-refractivity contribution < 1.29 is 9.84 Å². The third-order valence-electron chi connectivity index (χ3n) is 3.93. The van der Waals surface area contributed by atoms with Crippen molar-refractivity contribution in [2.24, 2.45) is 0 Å². The van der Waals surface area contributed by atoms with Gasteiger partial charge in [-0.3, -0.25) is 4.98 Å². The summed E-state index contributed by atoms with van der Waals surface area (Å²) in [5.41, 5.74) is 0.286. The van der Waals surface area contributed by atoms with Crippen LogP contribution in [0.2, 0.25) is 0 Å². The van der Waals surface area contributed by atoms with E-state index in [4.69, 9.17) is 4.74 Å². The van der Waals surface area contributed by atoms with Crippen molar-refractivity contribution in [2.45, 2.75) is 25.4 Å². The largest absolute Gasteiger partial charge is 0.491 e. The first-order valence-electron chi connectivity index (χ1n) is 7.57. The second kappa shape index (κ2) is 6.32. The number of nitrogens with zero attached hydrogens (tertiary/aromatic N) is 3. The van der Waals surface area contributed by atoms with Gasteiger partial charge >= 0.3 is 0 Å². The normalized spacial score (nSPS) is 21.6. The van der Waals surface area contributed by atoms with E-state index in [1.165, 1.54) is 0 Å². The van der Waals surface area contributed by atoms with Crippen LogP contribution in [0.1, 0.15) is 18.4 Å². The van der Waals surface area contributed by atoms with Crippen LogP contribution >= 0.6 is 0 Å². The Morgan fingerprint density at radius 1 is 1.36 bits per heavy atom. The average Bonchev–Trinajstić information content (AvgIpc) is 2.54. The fraction of sp³-hybridized carbons (Fsp3) is 0.412. The van der Waals surface area contributed by atoms with Gasteiger partial charge < -0.3 is 14.7 Å². The number of aryl methyl sites for hydroxylation is 1. The topological polar surface area (TPSA) is 58.5 Å². The van der Waals surface area contributed by atoms with Crippen LogP contribution in [0.5, 0.6) is 5.75 Å². The van der Waals surface area contributed by atoms with Crippen molar-refractivity contribution in [3.63, 3.8) is 0 Å². The zero-order valence-corrected chi connectivity index (χ0v) is 12.8. The molecule has 0 saturated carbocycles. The summed E-state index contributed by atoms with van der Waals surface area (Å²) in [4.78, 5) is 10.5. The van der Waals surface area contributed by atoms with Crippen LogP contribution in [0.4, 0.5) is 5.82 Å². The van der Waals surface area contributed by atoms with Gasteiger partial charge in [-0.1, -0.05) is 12.1 Å². The van der Waals surface area contributed by atoms with Gasteiger partial charge in [-0.05, 0) is 37.5 Å². The van der Waals surface area contributed by atoms with Crippen molar-refractivity contribution in [1.82, 2.24) is 9.97 Å². The van der Waals surface area contributed by atoms with Gasteiger partial charge in [0.1, 0.15) is 23.8 Å². The van der Waals surface area contributed by atoms with E-state index < -0.39 is 5.60 Å². The van der Waals surface area contributed by atoms with Crippen molar-refractivity contribution in [3.8, 4) is 5.75 Å². The van der Waals surface area contributed by atoms with Gasteiger partial charge in [-0.2, -0.15) is 0 Å². The molecule has 5 nitrogen and oxygen atoms in total. The Balaban J connectivity index is 1.65. The van der Waals surface area contributed by atoms with E-state index >= 15 is 0 Å². The number of hydrogen-bond donors (Lipinski definition) is 1. The highest BCUT2D eigenvalue weighted by molar-refractivity contribution is 5.36. The van der Waals surface area contributed by atoms with Crippen LogP contribution in [-0.2, 0) is 0 Å². The Bertz CT molecular complexity index is 620. The van der Waals surface area contributed by atoms with Crippen LogP contribution in [0.3, 0.4) is 0 Å². The Morgan fingerprint density at radius 3 is 3.05 bits per heavy atom. The third kappa shape index (κ3) is 3.54. The highest BCUT2D eigenvalue weighted by atomic mass is 16.5. The molecule has 0 bridgehead atoms. The van der Waals surface area contributed by atoms with Gasteiger partial charge in [0.2, 0.25) is 0 Å². The lowest BCUT2D eigenvalue weighted by atomic mass is 9.94. The molecular weight excluding hydrogens is 278 g/mol. The Hall–Kier alpha value is -2.14. The summed E-state index contributed by atoms with van der Waals surface area (Å²) in [5, 5.41) is 10.8. The maximum atomic E-state index is 10.8. The Kier molecular flexibility index (Phi) is 4.24. The Morgan fingerprint density at radius 2 is 2.27 bits per heavy atom. The first kappa shape index (κ1) is 14.8. The molecule has 0 radical (unpaired) electrons.